The topological polar surface area (TPSA) is 72.8 Å². The Bertz CT molecular complexity index is 712. The number of carboxylic acids is 1. The van der Waals surface area contributed by atoms with Crippen molar-refractivity contribution in [1.29, 1.82) is 0 Å². The van der Waals surface area contributed by atoms with Gasteiger partial charge < -0.3 is 14.6 Å². The normalized spacial score (nSPS) is 33.0. The molecular formula is C17H17Cl2FO5. The number of rotatable bonds is 6. The fourth-order valence-corrected chi connectivity index (χ4v) is 4.08. The van der Waals surface area contributed by atoms with Crippen molar-refractivity contribution in [2.24, 2.45) is 17.8 Å². The summed E-state index contributed by atoms with van der Waals surface area (Å²) in [6.07, 6.45) is -0.501. The molecule has 0 aromatic heterocycles. The Kier molecular flexibility index (Phi) is 4.97. The Hall–Kier alpha value is -1.37. The third-order valence-electron chi connectivity index (χ3n) is 4.94. The number of carbonyl (C=O) groups excluding carboxylic acids is 1. The highest BCUT2D eigenvalue weighted by atomic mass is 35.5. The molecule has 2 aliphatic carbocycles. The van der Waals surface area contributed by atoms with E-state index < -0.39 is 41.5 Å². The van der Waals surface area contributed by atoms with E-state index in [4.69, 9.17) is 32.7 Å². The maximum Gasteiger partial charge on any atom is 0.344 e. The molecule has 0 bridgehead atoms. The molecule has 1 aromatic carbocycles. The number of ether oxygens (including phenoxy) is 2. The Balaban J connectivity index is 1.67. The van der Waals surface area contributed by atoms with Gasteiger partial charge in [-0.2, -0.15) is 0 Å². The van der Waals surface area contributed by atoms with Crippen molar-refractivity contribution in [2.45, 2.75) is 31.7 Å². The van der Waals surface area contributed by atoms with Crippen LogP contribution in [0.2, 0.25) is 10.0 Å². The largest absolute Gasteiger partial charge is 0.481 e. The maximum absolute atomic E-state index is 14.8. The summed E-state index contributed by atoms with van der Waals surface area (Å²) in [7, 11) is 0. The van der Waals surface area contributed by atoms with E-state index in [1.807, 2.05) is 0 Å². The van der Waals surface area contributed by atoms with E-state index in [9.17, 15) is 19.1 Å². The van der Waals surface area contributed by atoms with E-state index in [2.05, 4.69) is 0 Å². The van der Waals surface area contributed by atoms with Crippen LogP contribution in [0.15, 0.2) is 18.2 Å². The van der Waals surface area contributed by atoms with Gasteiger partial charge in [-0.15, -0.1) is 0 Å². The Morgan fingerprint density at radius 1 is 1.36 bits per heavy atom. The first-order valence-corrected chi connectivity index (χ1v) is 8.70. The molecule has 0 amide bonds. The highest BCUT2D eigenvalue weighted by Gasteiger charge is 2.80. The molecule has 0 radical (unpaired) electrons. The van der Waals surface area contributed by atoms with Crippen molar-refractivity contribution < 1.29 is 28.6 Å². The fraction of sp³-hybridized carbons (Fsp3) is 0.529. The van der Waals surface area contributed by atoms with E-state index in [-0.39, 0.29) is 19.6 Å². The first-order valence-electron chi connectivity index (χ1n) is 7.95. The molecule has 3 rings (SSSR count). The molecule has 0 saturated heterocycles. The van der Waals surface area contributed by atoms with Crippen LogP contribution < -0.4 is 0 Å². The third-order valence-corrected chi connectivity index (χ3v) is 5.68. The Morgan fingerprint density at radius 2 is 2.08 bits per heavy atom. The molecule has 0 aliphatic heterocycles. The summed E-state index contributed by atoms with van der Waals surface area (Å²) in [5, 5.41) is 10.2. The number of fused-ring (bicyclic) bond motifs is 1. The second-order valence-electron chi connectivity index (χ2n) is 6.32. The number of alkyl halides is 1. The standard InChI is InChI=1S/C17H17Cl2FO5/c1-2-24-16(23)17(20)9-6-12(13(14(9)17)15(21)22)25-7-8-3-4-10(18)11(19)5-8/h3-5,9,12-14H,2,6-7H2,1H3,(H,21,22). The average Bonchev–Trinajstić information content (AvgIpc) is 2.95. The van der Waals surface area contributed by atoms with Crippen molar-refractivity contribution in [2.75, 3.05) is 6.61 Å². The molecule has 5 atom stereocenters. The van der Waals surface area contributed by atoms with Crippen LogP contribution in [0.4, 0.5) is 4.39 Å². The van der Waals surface area contributed by atoms with E-state index in [1.54, 1.807) is 25.1 Å². The van der Waals surface area contributed by atoms with Crippen LogP contribution in [-0.4, -0.2) is 35.4 Å². The second kappa shape index (κ2) is 6.74. The molecular weight excluding hydrogens is 374 g/mol. The van der Waals surface area contributed by atoms with Crippen molar-refractivity contribution in [1.82, 2.24) is 0 Å². The minimum Gasteiger partial charge on any atom is -0.481 e. The third kappa shape index (κ3) is 3.11. The number of hydrogen-bond acceptors (Lipinski definition) is 4. The van der Waals surface area contributed by atoms with Gasteiger partial charge >= 0.3 is 11.9 Å². The van der Waals surface area contributed by atoms with Gasteiger partial charge in [-0.3, -0.25) is 4.79 Å². The Labute approximate surface area is 154 Å². The molecule has 25 heavy (non-hydrogen) atoms. The van der Waals surface area contributed by atoms with Gasteiger partial charge in [0.1, 0.15) is 0 Å². The molecule has 2 saturated carbocycles. The van der Waals surface area contributed by atoms with Crippen LogP contribution in [0.25, 0.3) is 0 Å². The molecule has 2 fully saturated rings. The van der Waals surface area contributed by atoms with Crippen LogP contribution >= 0.6 is 23.2 Å². The predicted octanol–water partition coefficient (Wildman–Crippen LogP) is 3.50. The summed E-state index contributed by atoms with van der Waals surface area (Å²) in [6.45, 7) is 1.76. The Morgan fingerprint density at radius 3 is 2.68 bits per heavy atom. The first kappa shape index (κ1) is 18.4. The fourth-order valence-electron chi connectivity index (χ4n) is 3.76. The zero-order valence-electron chi connectivity index (χ0n) is 13.4. The lowest BCUT2D eigenvalue weighted by Crippen LogP contribution is -2.37. The molecule has 5 nitrogen and oxygen atoms in total. The van der Waals surface area contributed by atoms with Gasteiger partial charge in [0, 0.05) is 11.8 Å². The van der Waals surface area contributed by atoms with Crippen molar-refractivity contribution in [3.05, 3.63) is 33.8 Å². The van der Waals surface area contributed by atoms with Crippen LogP contribution in [0, 0.1) is 17.8 Å². The summed E-state index contributed by atoms with van der Waals surface area (Å²) in [5.41, 5.74) is -1.47. The molecule has 136 valence electrons. The highest BCUT2D eigenvalue weighted by molar-refractivity contribution is 6.42. The van der Waals surface area contributed by atoms with Gasteiger partial charge in [0.05, 0.1) is 35.3 Å². The highest BCUT2D eigenvalue weighted by Crippen LogP contribution is 2.66. The summed E-state index contributed by atoms with van der Waals surface area (Å²) in [6, 6.07) is 4.97. The number of esters is 1. The molecule has 1 aromatic rings. The number of aliphatic carboxylic acids is 1. The average molecular weight is 391 g/mol. The lowest BCUT2D eigenvalue weighted by atomic mass is 9.95. The lowest BCUT2D eigenvalue weighted by molar-refractivity contribution is -0.157. The van der Waals surface area contributed by atoms with E-state index >= 15 is 0 Å². The zero-order chi connectivity index (χ0) is 18.4. The van der Waals surface area contributed by atoms with Crippen molar-refractivity contribution in [3.63, 3.8) is 0 Å². The number of benzene rings is 1. The van der Waals surface area contributed by atoms with Gasteiger partial charge in [0.25, 0.3) is 0 Å². The molecule has 5 unspecified atom stereocenters. The van der Waals surface area contributed by atoms with Gasteiger partial charge in [0.15, 0.2) is 0 Å². The number of carboxylic acid groups (broad SMARTS) is 1. The van der Waals surface area contributed by atoms with Gasteiger partial charge in [-0.25, -0.2) is 9.18 Å². The number of halogens is 3. The minimum absolute atomic E-state index is 0.0545. The minimum atomic E-state index is -2.21. The van der Waals surface area contributed by atoms with Crippen LogP contribution in [0.1, 0.15) is 18.9 Å². The van der Waals surface area contributed by atoms with Crippen molar-refractivity contribution >= 4 is 35.1 Å². The SMILES string of the molecule is CCOC(=O)C1(F)C2CC(OCc3ccc(Cl)c(Cl)c3)C(C(=O)O)C21. The quantitative estimate of drug-likeness (QED) is 0.752. The first-order chi connectivity index (χ1) is 11.8. The van der Waals surface area contributed by atoms with Gasteiger partial charge in [-0.1, -0.05) is 29.3 Å². The smallest absolute Gasteiger partial charge is 0.344 e. The maximum atomic E-state index is 14.8. The van der Waals surface area contributed by atoms with Gasteiger partial charge in [0.2, 0.25) is 5.67 Å². The molecule has 8 heteroatoms. The van der Waals surface area contributed by atoms with Crippen molar-refractivity contribution in [3.8, 4) is 0 Å². The van der Waals surface area contributed by atoms with Crippen LogP contribution in [-0.2, 0) is 25.7 Å². The summed E-state index contributed by atoms with van der Waals surface area (Å²) in [4.78, 5) is 23.4. The predicted molar refractivity (Wildman–Crippen MR) is 88.2 cm³/mol. The second-order valence-corrected chi connectivity index (χ2v) is 7.13. The van der Waals surface area contributed by atoms with Crippen LogP contribution in [0.3, 0.4) is 0 Å². The molecule has 0 spiro atoms. The zero-order valence-corrected chi connectivity index (χ0v) is 14.9. The summed E-state index contributed by atoms with van der Waals surface area (Å²) >= 11 is 11.8. The van der Waals surface area contributed by atoms with E-state index in [1.165, 1.54) is 0 Å². The molecule has 1 N–H and O–H groups in total. The molecule has 0 heterocycles. The monoisotopic (exact) mass is 390 g/mol. The number of carbonyl (C=O) groups is 2. The van der Waals surface area contributed by atoms with Gasteiger partial charge in [-0.05, 0) is 31.0 Å². The van der Waals surface area contributed by atoms with E-state index in [0.29, 0.717) is 10.0 Å². The molecule has 2 aliphatic rings. The summed E-state index contributed by atoms with van der Waals surface area (Å²) in [5.74, 6) is -4.80. The number of hydrogen-bond donors (Lipinski definition) is 1. The summed E-state index contributed by atoms with van der Waals surface area (Å²) < 4.78 is 25.2. The lowest BCUT2D eigenvalue weighted by Gasteiger charge is -2.23. The van der Waals surface area contributed by atoms with E-state index in [0.717, 1.165) is 5.56 Å². The van der Waals surface area contributed by atoms with Crippen LogP contribution in [0.5, 0.6) is 0 Å².